The van der Waals surface area contributed by atoms with E-state index in [4.69, 9.17) is 19.2 Å². The molecule has 170 valence electrons. The van der Waals surface area contributed by atoms with Gasteiger partial charge in [0.1, 0.15) is 23.3 Å². The summed E-state index contributed by atoms with van der Waals surface area (Å²) >= 11 is 0. The highest BCUT2D eigenvalue weighted by Gasteiger charge is 2.36. The molecule has 0 saturated heterocycles. The molecule has 2 aliphatic heterocycles. The molecule has 1 N–H and O–H groups in total. The number of fused-ring (bicyclic) bond motifs is 2. The summed E-state index contributed by atoms with van der Waals surface area (Å²) < 4.78 is 16.7. The van der Waals surface area contributed by atoms with Crippen LogP contribution in [0.25, 0.3) is 0 Å². The van der Waals surface area contributed by atoms with E-state index in [-0.39, 0.29) is 24.7 Å². The molecule has 1 aromatic carbocycles. The van der Waals surface area contributed by atoms with Crippen LogP contribution >= 0.6 is 0 Å². The van der Waals surface area contributed by atoms with Crippen LogP contribution in [-0.4, -0.2) is 42.4 Å². The van der Waals surface area contributed by atoms with Crippen molar-refractivity contribution in [2.45, 2.75) is 46.1 Å². The zero-order valence-electron chi connectivity index (χ0n) is 19.1. The highest BCUT2D eigenvalue weighted by molar-refractivity contribution is 6.03. The van der Waals surface area contributed by atoms with E-state index in [2.05, 4.69) is 24.1 Å². The molecule has 3 aliphatic rings. The number of rotatable bonds is 6. The largest absolute Gasteiger partial charge is 0.493 e. The third-order valence-electron chi connectivity index (χ3n) is 6.65. The summed E-state index contributed by atoms with van der Waals surface area (Å²) in [6.45, 7) is 7.02. The zero-order chi connectivity index (χ0) is 22.4. The number of amides is 1. The van der Waals surface area contributed by atoms with E-state index >= 15 is 0 Å². The lowest BCUT2D eigenvalue weighted by Crippen LogP contribution is -2.49. The first-order valence-electron chi connectivity index (χ1n) is 11.3. The molecule has 8 nitrogen and oxygen atoms in total. The van der Waals surface area contributed by atoms with Gasteiger partial charge < -0.3 is 24.4 Å². The number of likely N-dealkylation sites (N-methyl/N-ethyl adjacent to an activating group) is 1. The van der Waals surface area contributed by atoms with Gasteiger partial charge >= 0.3 is 0 Å². The van der Waals surface area contributed by atoms with Gasteiger partial charge in [-0.2, -0.15) is 0 Å². The number of benzene rings is 1. The number of aromatic nitrogens is 2. The van der Waals surface area contributed by atoms with Crippen LogP contribution in [0, 0.1) is 24.7 Å². The Hall–Kier alpha value is -3.03. The van der Waals surface area contributed by atoms with Gasteiger partial charge in [0.05, 0.1) is 12.3 Å². The monoisotopic (exact) mass is 438 g/mol. The highest BCUT2D eigenvalue weighted by atomic mass is 16.7. The van der Waals surface area contributed by atoms with Gasteiger partial charge in [0.2, 0.25) is 12.7 Å². The molecule has 0 radical (unpaired) electrons. The fraction of sp³-hybridized carbons (Fsp3) is 0.542. The lowest BCUT2D eigenvalue weighted by atomic mass is 9.73. The number of aryl methyl sites for hydroxylation is 1. The second-order valence-corrected chi connectivity index (χ2v) is 9.45. The molecule has 1 fully saturated rings. The number of hydrogen-bond acceptors (Lipinski definition) is 7. The summed E-state index contributed by atoms with van der Waals surface area (Å²) in [6, 6.07) is 5.49. The Morgan fingerprint density at radius 1 is 1.19 bits per heavy atom. The topological polar surface area (TPSA) is 85.8 Å². The smallest absolute Gasteiger partial charge is 0.247 e. The summed E-state index contributed by atoms with van der Waals surface area (Å²) in [5.74, 6) is 5.32. The van der Waals surface area contributed by atoms with Gasteiger partial charge in [0.15, 0.2) is 17.3 Å². The molecule has 0 unspecified atom stereocenters. The van der Waals surface area contributed by atoms with Gasteiger partial charge in [-0.15, -0.1) is 0 Å². The van der Waals surface area contributed by atoms with Crippen molar-refractivity contribution in [3.63, 3.8) is 0 Å². The van der Waals surface area contributed by atoms with Crippen LogP contribution < -0.4 is 24.4 Å². The fourth-order valence-corrected chi connectivity index (χ4v) is 4.98. The maximum atomic E-state index is 12.5. The standard InChI is InChI=1S/C24H30N4O4/c1-13(2)22-24(29)27-21-14(3)25-20(26-23(21)28(22)4)9-15-7-16(8-15)11-30-17-5-6-18-19(10-17)32-12-31-18/h5-6,10,13,15-16,22H,7-9,11-12H2,1-4H3,(H,27,29)/t15?,16?,22-/m0/s1. The first-order valence-corrected chi connectivity index (χ1v) is 11.3. The van der Waals surface area contributed by atoms with Gasteiger partial charge in [0, 0.05) is 19.5 Å². The molecule has 0 bridgehead atoms. The van der Waals surface area contributed by atoms with Crippen LogP contribution in [0.2, 0.25) is 0 Å². The van der Waals surface area contributed by atoms with E-state index in [0.717, 1.165) is 59.5 Å². The first kappa shape index (κ1) is 20.8. The van der Waals surface area contributed by atoms with Crippen LogP contribution in [0.5, 0.6) is 17.2 Å². The molecule has 5 rings (SSSR count). The molecule has 3 heterocycles. The SMILES string of the molecule is Cc1nc(CC2CC(COc3ccc4c(c3)OCO4)C2)nc2c1NC(=O)[C@H](C(C)C)N2C. The number of carbonyl (C=O) groups is 1. The number of ether oxygens (including phenoxy) is 3. The molecule has 2 aromatic rings. The molecule has 32 heavy (non-hydrogen) atoms. The summed E-state index contributed by atoms with van der Waals surface area (Å²) in [6.07, 6.45) is 3.05. The van der Waals surface area contributed by atoms with Gasteiger partial charge in [-0.1, -0.05) is 13.8 Å². The second-order valence-electron chi connectivity index (χ2n) is 9.45. The fourth-order valence-electron chi connectivity index (χ4n) is 4.98. The Balaban J connectivity index is 1.18. The predicted octanol–water partition coefficient (Wildman–Crippen LogP) is 3.57. The molecular formula is C24H30N4O4. The number of hydrogen-bond donors (Lipinski definition) is 1. The first-order chi connectivity index (χ1) is 15.4. The van der Waals surface area contributed by atoms with Crippen LogP contribution in [0.4, 0.5) is 11.5 Å². The Bertz CT molecular complexity index is 1030. The molecule has 1 atom stereocenters. The van der Waals surface area contributed by atoms with Crippen LogP contribution in [0.1, 0.15) is 38.2 Å². The third kappa shape index (κ3) is 3.82. The van der Waals surface area contributed by atoms with E-state index < -0.39 is 0 Å². The molecule has 1 aliphatic carbocycles. The third-order valence-corrected chi connectivity index (χ3v) is 6.65. The van der Waals surface area contributed by atoms with Crippen molar-refractivity contribution in [1.82, 2.24) is 9.97 Å². The second kappa shape index (κ2) is 8.15. The minimum absolute atomic E-state index is 0.0127. The van der Waals surface area contributed by atoms with Crippen molar-refractivity contribution in [1.29, 1.82) is 0 Å². The minimum atomic E-state index is -0.217. The van der Waals surface area contributed by atoms with Gasteiger partial charge in [-0.3, -0.25) is 4.79 Å². The van der Waals surface area contributed by atoms with Gasteiger partial charge in [-0.05, 0) is 49.7 Å². The maximum Gasteiger partial charge on any atom is 0.247 e. The Labute approximate surface area is 188 Å². The Morgan fingerprint density at radius 2 is 1.97 bits per heavy atom. The molecular weight excluding hydrogens is 408 g/mol. The van der Waals surface area contributed by atoms with Gasteiger partial charge in [-0.25, -0.2) is 9.97 Å². The molecule has 1 aromatic heterocycles. The predicted molar refractivity (Wildman–Crippen MR) is 120 cm³/mol. The van der Waals surface area contributed by atoms with Gasteiger partial charge in [0.25, 0.3) is 0 Å². The molecule has 8 heteroatoms. The quantitative estimate of drug-likeness (QED) is 0.738. The van der Waals surface area contributed by atoms with Crippen LogP contribution in [0.3, 0.4) is 0 Å². The zero-order valence-corrected chi connectivity index (χ0v) is 19.1. The minimum Gasteiger partial charge on any atom is -0.493 e. The molecule has 1 amide bonds. The van der Waals surface area contributed by atoms with Crippen molar-refractivity contribution >= 4 is 17.4 Å². The number of nitrogens with one attached hydrogen (secondary N) is 1. The highest BCUT2D eigenvalue weighted by Crippen LogP contribution is 2.39. The number of nitrogens with zero attached hydrogens (tertiary/aromatic N) is 3. The van der Waals surface area contributed by atoms with E-state index in [1.165, 1.54) is 0 Å². The van der Waals surface area contributed by atoms with E-state index in [0.29, 0.717) is 18.4 Å². The average Bonchev–Trinajstić information content (AvgIpc) is 3.18. The number of anilines is 2. The number of carbonyl (C=O) groups excluding carboxylic acids is 1. The lowest BCUT2D eigenvalue weighted by Gasteiger charge is -2.38. The summed E-state index contributed by atoms with van der Waals surface area (Å²) in [4.78, 5) is 24.0. The summed E-state index contributed by atoms with van der Waals surface area (Å²) in [5.41, 5.74) is 1.57. The maximum absolute atomic E-state index is 12.5. The summed E-state index contributed by atoms with van der Waals surface area (Å²) in [5, 5.41) is 3.01. The Morgan fingerprint density at radius 3 is 2.75 bits per heavy atom. The van der Waals surface area contributed by atoms with E-state index in [9.17, 15) is 4.79 Å². The average molecular weight is 439 g/mol. The van der Waals surface area contributed by atoms with Crippen molar-refractivity contribution in [2.75, 3.05) is 30.7 Å². The lowest BCUT2D eigenvalue weighted by molar-refractivity contribution is -0.118. The van der Waals surface area contributed by atoms with Crippen molar-refractivity contribution < 1.29 is 19.0 Å². The normalized spacial score (nSPS) is 23.6. The van der Waals surface area contributed by atoms with Crippen LogP contribution in [-0.2, 0) is 11.2 Å². The van der Waals surface area contributed by atoms with Crippen molar-refractivity contribution in [3.05, 3.63) is 29.7 Å². The molecule has 0 spiro atoms. The van der Waals surface area contributed by atoms with E-state index in [1.54, 1.807) is 0 Å². The Kier molecular flexibility index (Phi) is 5.31. The van der Waals surface area contributed by atoms with Crippen molar-refractivity contribution in [3.8, 4) is 17.2 Å². The van der Waals surface area contributed by atoms with E-state index in [1.807, 2.05) is 37.1 Å². The molecule has 1 saturated carbocycles. The summed E-state index contributed by atoms with van der Waals surface area (Å²) in [7, 11) is 1.95. The van der Waals surface area contributed by atoms with Crippen molar-refractivity contribution in [2.24, 2.45) is 17.8 Å². The van der Waals surface area contributed by atoms with Crippen LogP contribution in [0.15, 0.2) is 18.2 Å².